The number of benzene rings is 1. The molecule has 104 valence electrons. The highest BCUT2D eigenvalue weighted by atomic mass is 79.9. The van der Waals surface area contributed by atoms with E-state index < -0.39 is 28.6 Å². The molecular formula is C13H14BrF2NO2. The molecule has 1 aromatic rings. The molecule has 0 radical (unpaired) electrons. The van der Waals surface area contributed by atoms with Crippen molar-refractivity contribution in [2.75, 3.05) is 13.2 Å². The molecule has 1 heterocycles. The Balaban J connectivity index is 2.20. The number of carbonyl (C=O) groups is 1. The fraction of sp³-hybridized carbons (Fsp3) is 0.462. The molecule has 0 spiro atoms. The van der Waals surface area contributed by atoms with Crippen molar-refractivity contribution in [3.8, 4) is 0 Å². The summed E-state index contributed by atoms with van der Waals surface area (Å²) in [6, 6.07) is 2.13. The van der Waals surface area contributed by atoms with Crippen molar-refractivity contribution in [2.45, 2.75) is 25.3 Å². The third kappa shape index (κ3) is 3.30. The van der Waals surface area contributed by atoms with Gasteiger partial charge in [-0.05, 0) is 31.9 Å². The van der Waals surface area contributed by atoms with Crippen LogP contribution in [0.3, 0.4) is 0 Å². The summed E-state index contributed by atoms with van der Waals surface area (Å²) >= 11 is 2.97. The highest BCUT2D eigenvalue weighted by molar-refractivity contribution is 9.10. The summed E-state index contributed by atoms with van der Waals surface area (Å²) in [6.07, 6.45) is 1.53. The molecule has 1 atom stereocenters. The Labute approximate surface area is 118 Å². The smallest absolute Gasteiger partial charge is 0.257 e. The van der Waals surface area contributed by atoms with Crippen LogP contribution in [0.25, 0.3) is 0 Å². The first-order chi connectivity index (χ1) is 8.91. The molecule has 6 heteroatoms. The molecule has 3 nitrogen and oxygen atoms in total. The maximum Gasteiger partial charge on any atom is 0.257 e. The molecule has 19 heavy (non-hydrogen) atoms. The third-order valence-electron chi connectivity index (χ3n) is 3.09. The van der Waals surface area contributed by atoms with Gasteiger partial charge in [-0.25, -0.2) is 8.78 Å². The zero-order chi connectivity index (χ0) is 14.0. The van der Waals surface area contributed by atoms with Crippen LogP contribution in [0.1, 0.15) is 30.1 Å². The van der Waals surface area contributed by atoms with Gasteiger partial charge in [-0.1, -0.05) is 15.9 Å². The Morgan fingerprint density at radius 2 is 2.05 bits per heavy atom. The number of hydrogen-bond donors (Lipinski definition) is 1. The van der Waals surface area contributed by atoms with Crippen LogP contribution in [0.15, 0.2) is 16.6 Å². The van der Waals surface area contributed by atoms with Crippen molar-refractivity contribution in [1.29, 1.82) is 0 Å². The highest BCUT2D eigenvalue weighted by Gasteiger charge is 2.31. The van der Waals surface area contributed by atoms with Crippen molar-refractivity contribution >= 4 is 21.8 Å². The second-order valence-electron chi connectivity index (χ2n) is 4.92. The van der Waals surface area contributed by atoms with Crippen molar-refractivity contribution in [2.24, 2.45) is 0 Å². The van der Waals surface area contributed by atoms with E-state index >= 15 is 0 Å². The molecule has 1 N–H and O–H groups in total. The molecule has 1 unspecified atom stereocenters. The van der Waals surface area contributed by atoms with Crippen molar-refractivity contribution in [3.63, 3.8) is 0 Å². The lowest BCUT2D eigenvalue weighted by atomic mass is 9.94. The van der Waals surface area contributed by atoms with Gasteiger partial charge in [0.2, 0.25) is 0 Å². The summed E-state index contributed by atoms with van der Waals surface area (Å²) in [5, 5.41) is 2.65. The molecule has 0 aromatic heterocycles. The summed E-state index contributed by atoms with van der Waals surface area (Å²) in [6.45, 7) is 2.80. The largest absolute Gasteiger partial charge is 0.379 e. The van der Waals surface area contributed by atoms with E-state index in [0.29, 0.717) is 13.2 Å². The first kappa shape index (κ1) is 14.4. The van der Waals surface area contributed by atoms with Gasteiger partial charge >= 0.3 is 0 Å². The zero-order valence-electron chi connectivity index (χ0n) is 10.4. The number of rotatable bonds is 2. The number of nitrogens with one attached hydrogen (secondary N) is 1. The normalized spacial score (nSPS) is 23.2. The number of carbonyl (C=O) groups excluding carboxylic acids is 1. The fourth-order valence-electron chi connectivity index (χ4n) is 2.13. The lowest BCUT2D eigenvalue weighted by molar-refractivity contribution is 0.0270. The zero-order valence-corrected chi connectivity index (χ0v) is 12.0. The van der Waals surface area contributed by atoms with Crippen molar-refractivity contribution in [1.82, 2.24) is 5.32 Å². The van der Waals surface area contributed by atoms with Gasteiger partial charge in [-0.3, -0.25) is 4.79 Å². The van der Waals surface area contributed by atoms with Gasteiger partial charge in [0.25, 0.3) is 5.91 Å². The maximum absolute atomic E-state index is 13.7. The molecule has 1 amide bonds. The molecule has 1 aromatic carbocycles. The van der Waals surface area contributed by atoms with E-state index in [1.54, 1.807) is 6.92 Å². The van der Waals surface area contributed by atoms with Crippen LogP contribution in [-0.4, -0.2) is 24.7 Å². The highest BCUT2D eigenvalue weighted by Crippen LogP contribution is 2.22. The molecule has 1 saturated heterocycles. The van der Waals surface area contributed by atoms with E-state index in [4.69, 9.17) is 4.74 Å². The predicted molar refractivity (Wildman–Crippen MR) is 70.0 cm³/mol. The molecule has 0 aliphatic carbocycles. The summed E-state index contributed by atoms with van der Waals surface area (Å²) in [7, 11) is 0. The van der Waals surface area contributed by atoms with Crippen LogP contribution in [-0.2, 0) is 4.74 Å². The van der Waals surface area contributed by atoms with Gasteiger partial charge in [0.05, 0.1) is 12.1 Å². The lowest BCUT2D eigenvalue weighted by Gasteiger charge is -2.34. The molecule has 0 saturated carbocycles. The first-order valence-corrected chi connectivity index (χ1v) is 6.75. The molecular weight excluding hydrogens is 320 g/mol. The van der Waals surface area contributed by atoms with Crippen LogP contribution in [0, 0.1) is 11.6 Å². The quantitative estimate of drug-likeness (QED) is 0.903. The number of hydrogen-bond acceptors (Lipinski definition) is 2. The third-order valence-corrected chi connectivity index (χ3v) is 3.54. The average Bonchev–Trinajstić information content (AvgIpc) is 2.27. The van der Waals surface area contributed by atoms with Gasteiger partial charge in [-0.2, -0.15) is 0 Å². The van der Waals surface area contributed by atoms with E-state index in [1.807, 2.05) is 0 Å². The Morgan fingerprint density at radius 3 is 2.58 bits per heavy atom. The van der Waals surface area contributed by atoms with Crippen molar-refractivity contribution in [3.05, 3.63) is 33.8 Å². The molecule has 1 fully saturated rings. The standard InChI is InChI=1S/C13H14BrF2NO2/c1-13(3-2-4-19-7-13)17-12(18)11-9(15)5-8(14)6-10(11)16/h5-6H,2-4,7H2,1H3,(H,17,18). The molecule has 0 bridgehead atoms. The summed E-state index contributed by atoms with van der Waals surface area (Å²) in [5.41, 5.74) is -1.14. The Kier molecular flexibility index (Phi) is 4.20. The van der Waals surface area contributed by atoms with Crippen LogP contribution in [0.2, 0.25) is 0 Å². The van der Waals surface area contributed by atoms with Gasteiger partial charge in [0, 0.05) is 11.1 Å². The SMILES string of the molecule is CC1(NC(=O)c2c(F)cc(Br)cc2F)CCCOC1. The van der Waals surface area contributed by atoms with Gasteiger partial charge in [0.15, 0.2) is 0 Å². The minimum absolute atomic E-state index is 0.256. The fourth-order valence-corrected chi connectivity index (χ4v) is 2.53. The second-order valence-corrected chi connectivity index (χ2v) is 5.83. The van der Waals surface area contributed by atoms with E-state index in [9.17, 15) is 13.6 Å². The molecule has 1 aliphatic rings. The minimum Gasteiger partial charge on any atom is -0.379 e. The van der Waals surface area contributed by atoms with E-state index in [0.717, 1.165) is 25.0 Å². The van der Waals surface area contributed by atoms with E-state index in [-0.39, 0.29) is 4.47 Å². The Bertz CT molecular complexity index is 478. The second kappa shape index (κ2) is 5.54. The predicted octanol–water partition coefficient (Wildman–Crippen LogP) is 3.03. The van der Waals surface area contributed by atoms with Crippen molar-refractivity contribution < 1.29 is 18.3 Å². The average molecular weight is 334 g/mol. The number of halogens is 3. The Hall–Kier alpha value is -1.01. The van der Waals surface area contributed by atoms with Gasteiger partial charge in [0.1, 0.15) is 17.2 Å². The minimum atomic E-state index is -0.885. The van der Waals surface area contributed by atoms with Crippen LogP contribution < -0.4 is 5.32 Å². The van der Waals surface area contributed by atoms with Gasteiger partial charge < -0.3 is 10.1 Å². The number of amides is 1. The van der Waals surface area contributed by atoms with Crippen LogP contribution >= 0.6 is 15.9 Å². The maximum atomic E-state index is 13.7. The van der Waals surface area contributed by atoms with Gasteiger partial charge in [-0.15, -0.1) is 0 Å². The van der Waals surface area contributed by atoms with E-state index in [1.165, 1.54) is 0 Å². The monoisotopic (exact) mass is 333 g/mol. The van der Waals surface area contributed by atoms with E-state index in [2.05, 4.69) is 21.2 Å². The van der Waals surface area contributed by atoms with Crippen LogP contribution in [0.4, 0.5) is 8.78 Å². The summed E-state index contributed by atoms with van der Waals surface area (Å²) < 4.78 is 32.9. The number of ether oxygens (including phenoxy) is 1. The summed E-state index contributed by atoms with van der Waals surface area (Å²) in [5.74, 6) is -2.52. The molecule has 1 aliphatic heterocycles. The lowest BCUT2D eigenvalue weighted by Crippen LogP contribution is -2.51. The topological polar surface area (TPSA) is 38.3 Å². The molecule has 2 rings (SSSR count). The van der Waals surface area contributed by atoms with Crippen LogP contribution in [0.5, 0.6) is 0 Å². The summed E-state index contributed by atoms with van der Waals surface area (Å²) in [4.78, 5) is 12.0. The first-order valence-electron chi connectivity index (χ1n) is 5.96. The Morgan fingerprint density at radius 1 is 1.42 bits per heavy atom.